The second-order valence-corrected chi connectivity index (χ2v) is 5.53. The first-order valence-corrected chi connectivity index (χ1v) is 8.33. The number of carbonyl (C=O) groups is 3. The van der Waals surface area contributed by atoms with Gasteiger partial charge in [0.2, 0.25) is 5.78 Å². The van der Waals surface area contributed by atoms with E-state index in [1.54, 1.807) is 12.1 Å². The predicted octanol–water partition coefficient (Wildman–Crippen LogP) is 4.59. The molecule has 0 amide bonds. The number of halogens is 1. The monoisotopic (exact) mass is 366 g/mol. The summed E-state index contributed by atoms with van der Waals surface area (Å²) < 4.78 is 18.6. The molecular weight excluding hydrogens is 351 g/mol. The first kappa shape index (κ1) is 18.3. The summed E-state index contributed by atoms with van der Waals surface area (Å²) in [6.07, 6.45) is 0. The topological polar surface area (TPSA) is 84.6 Å². The van der Waals surface area contributed by atoms with Gasteiger partial charge in [0.15, 0.2) is 11.5 Å². The van der Waals surface area contributed by atoms with Gasteiger partial charge in [-0.1, -0.05) is 38.1 Å². The van der Waals surface area contributed by atoms with Gasteiger partial charge in [0, 0.05) is 16.7 Å². The molecule has 1 aliphatic carbocycles. The number of carbonyl (C=O) groups excluding carboxylic acids is 2. The number of rotatable bonds is 2. The van der Waals surface area contributed by atoms with Crippen LogP contribution < -0.4 is 0 Å². The standard InChI is InChI=1S/C19H9FO5.C2H6/c20-10-7-5-9(6-8-10)17-14(19(23)24)13-15(21)11-3-1-2-4-12(11)16(22)18(13)25-17;1-2/h1-8H,(H,23,24);1-2H3. The maximum absolute atomic E-state index is 13.1. The molecule has 1 aliphatic rings. The Morgan fingerprint density at radius 3 is 2.00 bits per heavy atom. The van der Waals surface area contributed by atoms with Crippen molar-refractivity contribution in [3.05, 3.63) is 82.4 Å². The molecule has 0 aliphatic heterocycles. The second-order valence-electron chi connectivity index (χ2n) is 5.53. The van der Waals surface area contributed by atoms with E-state index in [9.17, 15) is 23.9 Å². The molecule has 1 heterocycles. The average Bonchev–Trinajstić information content (AvgIpc) is 3.10. The van der Waals surface area contributed by atoms with E-state index in [1.165, 1.54) is 24.3 Å². The number of aromatic carboxylic acids is 1. The summed E-state index contributed by atoms with van der Waals surface area (Å²) >= 11 is 0. The fourth-order valence-corrected chi connectivity index (χ4v) is 2.95. The summed E-state index contributed by atoms with van der Waals surface area (Å²) in [5.74, 6) is -3.49. The van der Waals surface area contributed by atoms with E-state index in [0.29, 0.717) is 0 Å². The molecule has 1 aromatic heterocycles. The van der Waals surface area contributed by atoms with Crippen LogP contribution in [0.3, 0.4) is 0 Å². The zero-order valence-corrected chi connectivity index (χ0v) is 14.6. The Kier molecular flexibility index (Phi) is 4.73. The number of benzene rings is 2. The van der Waals surface area contributed by atoms with E-state index < -0.39 is 28.9 Å². The molecule has 0 bridgehead atoms. The normalized spacial score (nSPS) is 12.0. The summed E-state index contributed by atoms with van der Waals surface area (Å²) in [5.41, 5.74) is -0.104. The van der Waals surface area contributed by atoms with Crippen molar-refractivity contribution in [2.24, 2.45) is 0 Å². The van der Waals surface area contributed by atoms with E-state index in [1.807, 2.05) is 13.8 Å². The van der Waals surface area contributed by atoms with Gasteiger partial charge in [0.1, 0.15) is 17.1 Å². The summed E-state index contributed by atoms with van der Waals surface area (Å²) in [6.45, 7) is 4.00. The molecule has 136 valence electrons. The van der Waals surface area contributed by atoms with Crippen molar-refractivity contribution in [3.63, 3.8) is 0 Å². The number of fused-ring (bicyclic) bond motifs is 2. The number of hydrogen-bond donors (Lipinski definition) is 1. The minimum absolute atomic E-state index is 0.133. The Morgan fingerprint density at radius 2 is 1.44 bits per heavy atom. The number of hydrogen-bond acceptors (Lipinski definition) is 4. The smallest absolute Gasteiger partial charge is 0.340 e. The molecule has 0 fully saturated rings. The van der Waals surface area contributed by atoms with Crippen molar-refractivity contribution in [2.75, 3.05) is 0 Å². The quantitative estimate of drug-likeness (QED) is 0.561. The molecule has 5 nitrogen and oxygen atoms in total. The van der Waals surface area contributed by atoms with E-state index in [2.05, 4.69) is 0 Å². The summed E-state index contributed by atoms with van der Waals surface area (Å²) in [5, 5.41) is 9.58. The highest BCUT2D eigenvalue weighted by atomic mass is 19.1. The Morgan fingerprint density at radius 1 is 0.889 bits per heavy atom. The van der Waals surface area contributed by atoms with Crippen molar-refractivity contribution >= 4 is 17.5 Å². The Labute approximate surface area is 154 Å². The minimum atomic E-state index is -1.40. The van der Waals surface area contributed by atoms with Crippen LogP contribution in [0.15, 0.2) is 52.9 Å². The third kappa shape index (κ3) is 2.85. The van der Waals surface area contributed by atoms with Crippen LogP contribution in [0, 0.1) is 5.82 Å². The van der Waals surface area contributed by atoms with Gasteiger partial charge in [0.25, 0.3) is 0 Å². The molecule has 3 aromatic rings. The van der Waals surface area contributed by atoms with Gasteiger partial charge in [-0.3, -0.25) is 9.59 Å². The maximum atomic E-state index is 13.1. The first-order valence-electron chi connectivity index (χ1n) is 8.33. The fraction of sp³-hybridized carbons (Fsp3) is 0.0952. The Hall–Kier alpha value is -3.54. The number of furan rings is 1. The van der Waals surface area contributed by atoms with Crippen LogP contribution >= 0.6 is 0 Å². The van der Waals surface area contributed by atoms with Crippen LogP contribution in [-0.2, 0) is 0 Å². The van der Waals surface area contributed by atoms with E-state index in [0.717, 1.165) is 12.1 Å². The molecule has 0 unspecified atom stereocenters. The Bertz CT molecular complexity index is 1060. The third-order valence-electron chi connectivity index (χ3n) is 4.08. The van der Waals surface area contributed by atoms with Gasteiger partial charge < -0.3 is 9.52 Å². The molecule has 0 spiro atoms. The van der Waals surface area contributed by atoms with E-state index in [-0.39, 0.29) is 33.8 Å². The van der Waals surface area contributed by atoms with Gasteiger partial charge in [-0.25, -0.2) is 9.18 Å². The molecule has 27 heavy (non-hydrogen) atoms. The fourth-order valence-electron chi connectivity index (χ4n) is 2.95. The van der Waals surface area contributed by atoms with Crippen LogP contribution in [0.1, 0.15) is 56.2 Å². The van der Waals surface area contributed by atoms with Crippen LogP contribution in [0.25, 0.3) is 11.3 Å². The zero-order valence-electron chi connectivity index (χ0n) is 14.6. The van der Waals surface area contributed by atoms with Crippen LogP contribution in [0.2, 0.25) is 0 Å². The molecule has 0 radical (unpaired) electrons. The van der Waals surface area contributed by atoms with Crippen molar-refractivity contribution in [1.82, 2.24) is 0 Å². The molecule has 0 saturated heterocycles. The van der Waals surface area contributed by atoms with Gasteiger partial charge in [-0.05, 0) is 24.3 Å². The van der Waals surface area contributed by atoms with Crippen molar-refractivity contribution < 1.29 is 28.3 Å². The van der Waals surface area contributed by atoms with Crippen LogP contribution in [0.4, 0.5) is 4.39 Å². The lowest BCUT2D eigenvalue weighted by atomic mass is 9.86. The summed E-state index contributed by atoms with van der Waals surface area (Å²) in [7, 11) is 0. The predicted molar refractivity (Wildman–Crippen MR) is 95.7 cm³/mol. The van der Waals surface area contributed by atoms with Gasteiger partial charge in [-0.2, -0.15) is 0 Å². The maximum Gasteiger partial charge on any atom is 0.340 e. The first-order chi connectivity index (χ1) is 13.0. The third-order valence-corrected chi connectivity index (χ3v) is 4.08. The number of carboxylic acids is 1. The molecule has 6 heteroatoms. The highest BCUT2D eigenvalue weighted by molar-refractivity contribution is 6.30. The van der Waals surface area contributed by atoms with Crippen molar-refractivity contribution in [2.45, 2.75) is 13.8 Å². The molecule has 4 rings (SSSR count). The summed E-state index contributed by atoms with van der Waals surface area (Å²) in [4.78, 5) is 37.1. The molecule has 2 aromatic carbocycles. The van der Waals surface area contributed by atoms with Crippen LogP contribution in [-0.4, -0.2) is 22.6 Å². The van der Waals surface area contributed by atoms with Gasteiger partial charge in [-0.15, -0.1) is 0 Å². The molecule has 1 N–H and O–H groups in total. The minimum Gasteiger partial charge on any atom is -0.478 e. The van der Waals surface area contributed by atoms with Gasteiger partial charge >= 0.3 is 5.97 Å². The lowest BCUT2D eigenvalue weighted by molar-refractivity contribution is 0.0693. The second kappa shape index (κ2) is 6.99. The van der Waals surface area contributed by atoms with Crippen LogP contribution in [0.5, 0.6) is 0 Å². The molecule has 0 atom stereocenters. The molecule has 0 saturated carbocycles. The van der Waals surface area contributed by atoms with Crippen molar-refractivity contribution in [3.8, 4) is 11.3 Å². The van der Waals surface area contributed by atoms with Crippen molar-refractivity contribution in [1.29, 1.82) is 0 Å². The summed E-state index contributed by atoms with van der Waals surface area (Å²) in [6, 6.07) is 11.1. The highest BCUT2D eigenvalue weighted by Crippen LogP contribution is 2.37. The zero-order chi connectivity index (χ0) is 19.7. The van der Waals surface area contributed by atoms with E-state index in [4.69, 9.17) is 4.42 Å². The number of ketones is 2. The van der Waals surface area contributed by atoms with E-state index >= 15 is 0 Å². The lowest BCUT2D eigenvalue weighted by Gasteiger charge is -2.12. The number of carboxylic acid groups (broad SMARTS) is 1. The average molecular weight is 366 g/mol. The van der Waals surface area contributed by atoms with Gasteiger partial charge in [0.05, 0.1) is 5.56 Å². The lowest BCUT2D eigenvalue weighted by Crippen LogP contribution is -2.21. The Balaban J connectivity index is 0.00000102. The SMILES string of the molecule is CC.O=C1c2ccccc2C(=O)c2c1oc(-c1ccc(F)cc1)c2C(=O)O. The highest BCUT2D eigenvalue weighted by Gasteiger charge is 2.39. The largest absolute Gasteiger partial charge is 0.478 e. The molecular formula is C21H15FO5.